The van der Waals surface area contributed by atoms with Crippen LogP contribution in [0.4, 0.5) is 0 Å². The van der Waals surface area contributed by atoms with E-state index < -0.39 is 0 Å². The van der Waals surface area contributed by atoms with Crippen molar-refractivity contribution in [2.24, 2.45) is 0 Å². The normalized spacial score (nSPS) is 11.1. The number of benzene rings is 1. The first kappa shape index (κ1) is 15.0. The summed E-state index contributed by atoms with van der Waals surface area (Å²) in [5.74, 6) is 0.993. The second kappa shape index (κ2) is 8.97. The van der Waals surface area contributed by atoms with Gasteiger partial charge in [-0.1, -0.05) is 12.1 Å². The average Bonchev–Trinajstić information content (AvgIpc) is 2.32. The lowest BCUT2D eigenvalue weighted by Gasteiger charge is -2.16. The molecule has 0 unspecified atom stereocenters. The minimum atomic E-state index is -0.0695. The van der Waals surface area contributed by atoms with Crippen LogP contribution in [0.1, 0.15) is 20.3 Å². The van der Waals surface area contributed by atoms with E-state index >= 15 is 0 Å². The zero-order chi connectivity index (χ0) is 12.5. The van der Waals surface area contributed by atoms with Crippen LogP contribution in [0.2, 0.25) is 0 Å². The molecule has 0 aliphatic rings. The van der Waals surface area contributed by atoms with Crippen LogP contribution in [0.15, 0.2) is 33.6 Å². The van der Waals surface area contributed by atoms with Crippen molar-refractivity contribution >= 4 is 27.7 Å². The Morgan fingerprint density at radius 3 is 2.41 bits per heavy atom. The van der Waals surface area contributed by atoms with Crippen molar-refractivity contribution < 1.29 is 9.47 Å². The Morgan fingerprint density at radius 2 is 1.82 bits per heavy atom. The number of halogens is 1. The summed E-state index contributed by atoms with van der Waals surface area (Å²) < 4.78 is 12.2. The van der Waals surface area contributed by atoms with E-state index in [0.29, 0.717) is 13.2 Å². The summed E-state index contributed by atoms with van der Waals surface area (Å²) in [6, 6.07) is 8.25. The lowest BCUT2D eigenvalue weighted by atomic mass is 10.4. The van der Waals surface area contributed by atoms with Crippen LogP contribution in [0.3, 0.4) is 0 Å². The monoisotopic (exact) mass is 318 g/mol. The summed E-state index contributed by atoms with van der Waals surface area (Å²) in [5.41, 5.74) is 0. The molecule has 0 fully saturated rings. The van der Waals surface area contributed by atoms with Crippen LogP contribution in [-0.2, 0) is 9.47 Å². The van der Waals surface area contributed by atoms with E-state index in [2.05, 4.69) is 34.1 Å². The third-order valence-corrected chi connectivity index (χ3v) is 4.21. The van der Waals surface area contributed by atoms with Gasteiger partial charge in [0.1, 0.15) is 0 Å². The van der Waals surface area contributed by atoms with Crippen LogP contribution in [0, 0.1) is 0 Å². The first-order chi connectivity index (χ1) is 8.27. The Labute approximate surface area is 116 Å². The van der Waals surface area contributed by atoms with Gasteiger partial charge in [0.25, 0.3) is 0 Å². The van der Waals surface area contributed by atoms with Crippen molar-refractivity contribution in [2.75, 3.05) is 19.0 Å². The first-order valence-corrected chi connectivity index (χ1v) is 7.66. The zero-order valence-corrected chi connectivity index (χ0v) is 12.7. The van der Waals surface area contributed by atoms with Gasteiger partial charge >= 0.3 is 0 Å². The van der Waals surface area contributed by atoms with E-state index in [0.717, 1.165) is 16.6 Å². The summed E-state index contributed by atoms with van der Waals surface area (Å²) in [7, 11) is 0. The topological polar surface area (TPSA) is 18.5 Å². The second-order valence-corrected chi connectivity index (χ2v) is 5.40. The molecular formula is C13H19BrO2S. The molecule has 1 aromatic rings. The highest BCUT2D eigenvalue weighted by atomic mass is 79.9. The predicted molar refractivity (Wildman–Crippen MR) is 76.5 cm³/mol. The van der Waals surface area contributed by atoms with E-state index in [1.54, 1.807) is 0 Å². The highest BCUT2D eigenvalue weighted by molar-refractivity contribution is 9.10. The molecule has 2 nitrogen and oxygen atoms in total. The third kappa shape index (κ3) is 5.91. The van der Waals surface area contributed by atoms with Gasteiger partial charge < -0.3 is 9.47 Å². The predicted octanol–water partition coefficient (Wildman–Crippen LogP) is 4.33. The maximum absolute atomic E-state index is 5.50. The SMILES string of the molecule is CCOC(CCSc1ccccc1Br)OCC. The number of ether oxygens (including phenoxy) is 2. The molecule has 0 spiro atoms. The van der Waals surface area contributed by atoms with Gasteiger partial charge in [-0.15, -0.1) is 11.8 Å². The quantitative estimate of drug-likeness (QED) is 0.525. The van der Waals surface area contributed by atoms with Crippen molar-refractivity contribution in [1.29, 1.82) is 0 Å². The Hall–Kier alpha value is -0.0300. The summed E-state index contributed by atoms with van der Waals surface area (Å²) in [6.45, 7) is 5.38. The zero-order valence-electron chi connectivity index (χ0n) is 10.3. The van der Waals surface area contributed by atoms with E-state index in [9.17, 15) is 0 Å². The maximum Gasteiger partial charge on any atom is 0.158 e. The van der Waals surface area contributed by atoms with E-state index in [-0.39, 0.29) is 6.29 Å². The largest absolute Gasteiger partial charge is 0.353 e. The van der Waals surface area contributed by atoms with Crippen LogP contribution in [-0.4, -0.2) is 25.3 Å². The van der Waals surface area contributed by atoms with E-state index in [1.165, 1.54) is 4.90 Å². The second-order valence-electron chi connectivity index (χ2n) is 3.41. The van der Waals surface area contributed by atoms with Crippen LogP contribution in [0.5, 0.6) is 0 Å². The molecule has 0 aromatic heterocycles. The molecule has 0 atom stereocenters. The van der Waals surface area contributed by atoms with Crippen molar-refractivity contribution in [1.82, 2.24) is 0 Å². The molecule has 0 saturated heterocycles. The molecule has 1 aromatic carbocycles. The summed E-state index contributed by atoms with van der Waals surface area (Å²) in [5, 5.41) is 0. The molecule has 0 aliphatic heterocycles. The molecule has 0 saturated carbocycles. The third-order valence-electron chi connectivity index (χ3n) is 2.15. The van der Waals surface area contributed by atoms with Crippen LogP contribution >= 0.6 is 27.7 Å². The summed E-state index contributed by atoms with van der Waals surface area (Å²) >= 11 is 5.36. The average molecular weight is 319 g/mol. The Balaban J connectivity index is 2.33. The minimum Gasteiger partial charge on any atom is -0.353 e. The first-order valence-electron chi connectivity index (χ1n) is 5.88. The lowest BCUT2D eigenvalue weighted by molar-refractivity contribution is -0.136. The van der Waals surface area contributed by atoms with E-state index in [1.807, 2.05) is 31.7 Å². The lowest BCUT2D eigenvalue weighted by Crippen LogP contribution is -2.18. The highest BCUT2D eigenvalue weighted by Gasteiger charge is 2.08. The molecule has 1 rings (SSSR count). The van der Waals surface area contributed by atoms with Gasteiger partial charge in [0.2, 0.25) is 0 Å². The smallest absolute Gasteiger partial charge is 0.158 e. The maximum atomic E-state index is 5.50. The van der Waals surface area contributed by atoms with Gasteiger partial charge in [0.15, 0.2) is 6.29 Å². The van der Waals surface area contributed by atoms with Gasteiger partial charge in [-0.2, -0.15) is 0 Å². The Bertz CT molecular complexity index is 314. The van der Waals surface area contributed by atoms with Crippen LogP contribution < -0.4 is 0 Å². The fourth-order valence-corrected chi connectivity index (χ4v) is 2.95. The standard InChI is InChI=1S/C13H19BrO2S/c1-3-15-13(16-4-2)9-10-17-12-8-6-5-7-11(12)14/h5-8,13H,3-4,9-10H2,1-2H3. The fourth-order valence-electron chi connectivity index (χ4n) is 1.41. The van der Waals surface area contributed by atoms with Crippen molar-refractivity contribution in [2.45, 2.75) is 31.5 Å². The molecule has 0 heterocycles. The van der Waals surface area contributed by atoms with E-state index in [4.69, 9.17) is 9.47 Å². The molecule has 96 valence electrons. The number of rotatable bonds is 8. The van der Waals surface area contributed by atoms with Gasteiger partial charge in [0, 0.05) is 34.8 Å². The van der Waals surface area contributed by atoms with Gasteiger partial charge in [-0.25, -0.2) is 0 Å². The van der Waals surface area contributed by atoms with Crippen LogP contribution in [0.25, 0.3) is 0 Å². The molecule has 0 bridgehead atoms. The van der Waals surface area contributed by atoms with Gasteiger partial charge in [0.05, 0.1) is 0 Å². The number of thioether (sulfide) groups is 1. The molecule has 17 heavy (non-hydrogen) atoms. The highest BCUT2D eigenvalue weighted by Crippen LogP contribution is 2.27. The molecule has 4 heteroatoms. The van der Waals surface area contributed by atoms with Crippen molar-refractivity contribution in [3.63, 3.8) is 0 Å². The summed E-state index contributed by atoms with van der Waals surface area (Å²) in [6.07, 6.45) is 0.841. The molecule has 0 radical (unpaired) electrons. The van der Waals surface area contributed by atoms with Crippen molar-refractivity contribution in [3.8, 4) is 0 Å². The number of hydrogen-bond donors (Lipinski definition) is 0. The molecule has 0 aliphatic carbocycles. The Kier molecular flexibility index (Phi) is 7.93. The van der Waals surface area contributed by atoms with Gasteiger partial charge in [-0.05, 0) is 41.9 Å². The van der Waals surface area contributed by atoms with Crippen molar-refractivity contribution in [3.05, 3.63) is 28.7 Å². The minimum absolute atomic E-state index is 0.0695. The van der Waals surface area contributed by atoms with Gasteiger partial charge in [-0.3, -0.25) is 0 Å². The fraction of sp³-hybridized carbons (Fsp3) is 0.538. The molecular weight excluding hydrogens is 300 g/mol. The molecule has 0 N–H and O–H groups in total. The number of hydrogen-bond acceptors (Lipinski definition) is 3. The summed E-state index contributed by atoms with van der Waals surface area (Å²) in [4.78, 5) is 1.26. The Morgan fingerprint density at radius 1 is 1.18 bits per heavy atom. The molecule has 0 amide bonds.